The van der Waals surface area contributed by atoms with Crippen LogP contribution in [0.3, 0.4) is 0 Å². The molecule has 118 valence electrons. The van der Waals surface area contributed by atoms with Gasteiger partial charge in [-0.2, -0.15) is 0 Å². The number of amides is 1. The molecule has 1 aliphatic rings. The zero-order valence-electron chi connectivity index (χ0n) is 12.4. The average Bonchev–Trinajstić information content (AvgIpc) is 3.05. The number of carbonyl (C=O) groups is 2. The van der Waals surface area contributed by atoms with Gasteiger partial charge in [-0.15, -0.1) is 0 Å². The van der Waals surface area contributed by atoms with Crippen molar-refractivity contribution >= 4 is 12.1 Å². The normalized spacial score (nSPS) is 17.9. The number of alkyl carbamates (subject to hydrolysis) is 1. The Hall–Kier alpha value is -2.34. The number of hydrogen-bond donors (Lipinski definition) is 1. The molecule has 0 aromatic heterocycles. The van der Waals surface area contributed by atoms with Gasteiger partial charge in [0.05, 0.1) is 13.2 Å². The highest BCUT2D eigenvalue weighted by Gasteiger charge is 2.20. The summed E-state index contributed by atoms with van der Waals surface area (Å²) >= 11 is 0. The van der Waals surface area contributed by atoms with Crippen LogP contribution in [-0.4, -0.2) is 31.9 Å². The van der Waals surface area contributed by atoms with Crippen molar-refractivity contribution in [3.63, 3.8) is 0 Å². The Morgan fingerprint density at radius 1 is 1.36 bits per heavy atom. The van der Waals surface area contributed by atoms with Gasteiger partial charge in [-0.1, -0.05) is 30.3 Å². The molecule has 6 heteroatoms. The summed E-state index contributed by atoms with van der Waals surface area (Å²) in [7, 11) is 1.25. The van der Waals surface area contributed by atoms with Gasteiger partial charge >= 0.3 is 12.1 Å². The molecular formula is C16H19NO5. The molecule has 2 rings (SSSR count). The first kappa shape index (κ1) is 16.0. The van der Waals surface area contributed by atoms with Crippen LogP contribution in [0, 0.1) is 0 Å². The first-order valence-electron chi connectivity index (χ1n) is 7.08. The minimum Gasteiger partial charge on any atom is -0.464 e. The molecule has 1 aromatic carbocycles. The van der Waals surface area contributed by atoms with Crippen LogP contribution >= 0.6 is 0 Å². The predicted molar refractivity (Wildman–Crippen MR) is 78.8 cm³/mol. The monoisotopic (exact) mass is 305 g/mol. The Morgan fingerprint density at radius 2 is 2.14 bits per heavy atom. The lowest BCUT2D eigenvalue weighted by atomic mass is 10.2. The van der Waals surface area contributed by atoms with Crippen LogP contribution in [0.25, 0.3) is 0 Å². The fraction of sp³-hybridized carbons (Fsp3) is 0.375. The summed E-state index contributed by atoms with van der Waals surface area (Å²) < 4.78 is 15.1. The van der Waals surface area contributed by atoms with E-state index >= 15 is 0 Å². The van der Waals surface area contributed by atoms with E-state index in [2.05, 4.69) is 10.1 Å². The highest BCUT2D eigenvalue weighted by atomic mass is 16.6. The molecular weight excluding hydrogens is 286 g/mol. The topological polar surface area (TPSA) is 73.9 Å². The predicted octanol–water partition coefficient (Wildman–Crippen LogP) is 2.15. The first-order chi connectivity index (χ1) is 10.7. The molecule has 1 aromatic rings. The quantitative estimate of drug-likeness (QED) is 0.666. The number of esters is 1. The number of carbonyl (C=O) groups excluding carboxylic acids is 2. The van der Waals surface area contributed by atoms with Crippen molar-refractivity contribution in [2.75, 3.05) is 13.7 Å². The molecule has 1 aliphatic heterocycles. The zero-order chi connectivity index (χ0) is 15.8. The van der Waals surface area contributed by atoms with Gasteiger partial charge in [0.25, 0.3) is 0 Å². The lowest BCUT2D eigenvalue weighted by Crippen LogP contribution is -2.29. The third-order valence-electron chi connectivity index (χ3n) is 3.17. The van der Waals surface area contributed by atoms with Gasteiger partial charge < -0.3 is 14.2 Å². The highest BCUT2D eigenvalue weighted by Crippen LogP contribution is 2.14. The summed E-state index contributed by atoms with van der Waals surface area (Å²) in [5.41, 5.74) is 0.896. The summed E-state index contributed by atoms with van der Waals surface area (Å²) in [6.45, 7) is 0.773. The van der Waals surface area contributed by atoms with E-state index in [0.717, 1.165) is 18.4 Å². The Labute approximate surface area is 129 Å². The third-order valence-corrected chi connectivity index (χ3v) is 3.17. The first-order valence-corrected chi connectivity index (χ1v) is 7.08. The summed E-state index contributed by atoms with van der Waals surface area (Å²) in [6, 6.07) is 9.28. The van der Waals surface area contributed by atoms with E-state index < -0.39 is 12.1 Å². The number of benzene rings is 1. The van der Waals surface area contributed by atoms with Crippen LogP contribution in [-0.2, 0) is 25.6 Å². The van der Waals surface area contributed by atoms with Crippen molar-refractivity contribution in [3.8, 4) is 0 Å². The molecule has 0 radical (unpaired) electrons. The number of rotatable bonds is 5. The van der Waals surface area contributed by atoms with E-state index in [4.69, 9.17) is 9.47 Å². The van der Waals surface area contributed by atoms with E-state index in [9.17, 15) is 9.59 Å². The summed E-state index contributed by atoms with van der Waals surface area (Å²) in [6.07, 6.45) is 2.39. The van der Waals surface area contributed by atoms with Crippen molar-refractivity contribution in [1.29, 1.82) is 0 Å². The Morgan fingerprint density at radius 3 is 2.77 bits per heavy atom. The Balaban J connectivity index is 1.91. The lowest BCUT2D eigenvalue weighted by molar-refractivity contribution is -0.136. The minimum atomic E-state index is -0.710. The lowest BCUT2D eigenvalue weighted by Gasteiger charge is -2.11. The molecule has 0 spiro atoms. The van der Waals surface area contributed by atoms with Crippen molar-refractivity contribution < 1.29 is 23.8 Å². The molecule has 1 fully saturated rings. The molecule has 1 amide bonds. The second kappa shape index (κ2) is 8.19. The van der Waals surface area contributed by atoms with Crippen molar-refractivity contribution in [2.45, 2.75) is 25.6 Å². The van der Waals surface area contributed by atoms with Gasteiger partial charge in [0.1, 0.15) is 12.3 Å². The van der Waals surface area contributed by atoms with E-state index in [1.807, 2.05) is 30.3 Å². The van der Waals surface area contributed by atoms with Gasteiger partial charge in [0.15, 0.2) is 0 Å². The van der Waals surface area contributed by atoms with Crippen LogP contribution in [0.4, 0.5) is 4.79 Å². The molecule has 0 saturated carbocycles. The SMILES string of the molecule is COC(=O)/C(=C\[C@@H]1CCCO1)NC(=O)OCc1ccccc1. The molecule has 0 aliphatic carbocycles. The fourth-order valence-corrected chi connectivity index (χ4v) is 2.06. The molecule has 1 N–H and O–H groups in total. The van der Waals surface area contributed by atoms with Gasteiger partial charge in [-0.3, -0.25) is 5.32 Å². The smallest absolute Gasteiger partial charge is 0.412 e. The molecule has 6 nitrogen and oxygen atoms in total. The van der Waals surface area contributed by atoms with E-state index in [-0.39, 0.29) is 18.4 Å². The summed E-state index contributed by atoms with van der Waals surface area (Å²) in [5.74, 6) is -0.632. The second-order valence-corrected chi connectivity index (χ2v) is 4.81. The van der Waals surface area contributed by atoms with Gasteiger partial charge in [0, 0.05) is 6.61 Å². The second-order valence-electron chi connectivity index (χ2n) is 4.81. The fourth-order valence-electron chi connectivity index (χ4n) is 2.06. The molecule has 1 atom stereocenters. The van der Waals surface area contributed by atoms with Crippen molar-refractivity contribution in [1.82, 2.24) is 5.32 Å². The van der Waals surface area contributed by atoms with Crippen LogP contribution in [0.15, 0.2) is 42.1 Å². The minimum absolute atomic E-state index is 0.0347. The van der Waals surface area contributed by atoms with Crippen LogP contribution in [0.2, 0.25) is 0 Å². The molecule has 0 unspecified atom stereocenters. The largest absolute Gasteiger partial charge is 0.464 e. The van der Waals surface area contributed by atoms with Gasteiger partial charge in [0.2, 0.25) is 0 Å². The molecule has 0 bridgehead atoms. The highest BCUT2D eigenvalue weighted by molar-refractivity contribution is 5.92. The van der Waals surface area contributed by atoms with Gasteiger partial charge in [-0.05, 0) is 24.5 Å². The van der Waals surface area contributed by atoms with E-state index in [1.54, 1.807) is 6.08 Å². The Kier molecular flexibility index (Phi) is 5.97. The van der Waals surface area contributed by atoms with Crippen molar-refractivity contribution in [3.05, 3.63) is 47.7 Å². The van der Waals surface area contributed by atoms with E-state index in [0.29, 0.717) is 6.61 Å². The summed E-state index contributed by atoms with van der Waals surface area (Å²) in [4.78, 5) is 23.5. The maximum atomic E-state index is 11.8. The average molecular weight is 305 g/mol. The number of ether oxygens (including phenoxy) is 3. The number of methoxy groups -OCH3 is 1. The van der Waals surface area contributed by atoms with E-state index in [1.165, 1.54) is 7.11 Å². The molecule has 1 saturated heterocycles. The maximum Gasteiger partial charge on any atom is 0.412 e. The van der Waals surface area contributed by atoms with Crippen LogP contribution in [0.1, 0.15) is 18.4 Å². The standard InChI is InChI=1S/C16H19NO5/c1-20-15(18)14(10-13-8-5-9-21-13)17-16(19)22-11-12-6-3-2-4-7-12/h2-4,6-7,10,13H,5,8-9,11H2,1H3,(H,17,19)/b14-10+/t13-/m0/s1. The maximum absolute atomic E-state index is 11.8. The zero-order valence-corrected chi connectivity index (χ0v) is 12.4. The summed E-state index contributed by atoms with van der Waals surface area (Å²) in [5, 5.41) is 2.41. The molecule has 22 heavy (non-hydrogen) atoms. The van der Waals surface area contributed by atoms with Gasteiger partial charge in [-0.25, -0.2) is 9.59 Å². The van der Waals surface area contributed by atoms with Crippen LogP contribution < -0.4 is 5.32 Å². The number of nitrogens with one attached hydrogen (secondary N) is 1. The van der Waals surface area contributed by atoms with Crippen LogP contribution in [0.5, 0.6) is 0 Å². The Bertz CT molecular complexity index is 535. The number of hydrogen-bond acceptors (Lipinski definition) is 5. The van der Waals surface area contributed by atoms with Crippen molar-refractivity contribution in [2.24, 2.45) is 0 Å². The third kappa shape index (κ3) is 4.89. The molecule has 1 heterocycles.